The summed E-state index contributed by atoms with van der Waals surface area (Å²) in [5.74, 6) is -4.04. The van der Waals surface area contributed by atoms with Gasteiger partial charge in [-0.1, -0.05) is 25.0 Å². The number of nitrogens with one attached hydrogen (secondary N) is 3. The maximum atomic E-state index is 17.5. The molecular weight excluding hydrogens is 815 g/mol. The van der Waals surface area contributed by atoms with Crippen molar-refractivity contribution in [2.24, 2.45) is 5.92 Å². The van der Waals surface area contributed by atoms with E-state index in [1.54, 1.807) is 26.8 Å². The van der Waals surface area contributed by atoms with Gasteiger partial charge in [0.1, 0.15) is 40.2 Å². The number of aromatic nitrogens is 1. The fourth-order valence-electron chi connectivity index (χ4n) is 8.74. The molecule has 0 radical (unpaired) electrons. The van der Waals surface area contributed by atoms with Crippen LogP contribution in [-0.2, 0) is 41.0 Å². The number of rotatable bonds is 5. The molecule has 1 spiro atoms. The minimum absolute atomic E-state index is 0.0104. The van der Waals surface area contributed by atoms with Crippen molar-refractivity contribution in [2.45, 2.75) is 144 Å². The van der Waals surface area contributed by atoms with Crippen LogP contribution in [0, 0.1) is 5.92 Å². The number of sulfonamides is 1. The van der Waals surface area contributed by atoms with Crippen LogP contribution in [-0.4, -0.2) is 89.3 Å². The molecule has 3 fully saturated rings. The van der Waals surface area contributed by atoms with Crippen molar-refractivity contribution >= 4 is 44.7 Å². The van der Waals surface area contributed by atoms with Gasteiger partial charge in [0.2, 0.25) is 21.8 Å². The van der Waals surface area contributed by atoms with E-state index in [4.69, 9.17) is 14.2 Å². The molecule has 19 heteroatoms. The van der Waals surface area contributed by atoms with E-state index in [1.807, 2.05) is 6.08 Å². The van der Waals surface area contributed by atoms with Gasteiger partial charge in [0.25, 0.3) is 5.91 Å². The number of ether oxygens (including phenoxy) is 3. The molecule has 6 atom stereocenters. The Balaban J connectivity index is 1.31. The molecule has 5 aliphatic rings. The van der Waals surface area contributed by atoms with E-state index in [0.29, 0.717) is 38.5 Å². The molecule has 0 unspecified atom stereocenters. The van der Waals surface area contributed by atoms with E-state index in [1.165, 1.54) is 32.2 Å². The van der Waals surface area contributed by atoms with Crippen molar-refractivity contribution in [1.29, 1.82) is 0 Å². The zero-order valence-corrected chi connectivity index (χ0v) is 35.2. The highest BCUT2D eigenvalue weighted by Gasteiger charge is 2.65. The first-order valence-corrected chi connectivity index (χ1v) is 21.6. The average Bonchev–Trinajstić information content (AvgIpc) is 4.02. The van der Waals surface area contributed by atoms with Crippen LogP contribution >= 0.6 is 0 Å². The Labute approximate surface area is 345 Å². The topological polar surface area (TPSA) is 182 Å². The molecule has 1 aromatic heterocycles. The number of methoxy groups -OCH3 is 1. The average molecular weight is 866 g/mol. The van der Waals surface area contributed by atoms with Crippen LogP contribution in [0.1, 0.15) is 110 Å². The van der Waals surface area contributed by atoms with Crippen molar-refractivity contribution in [3.05, 3.63) is 41.6 Å². The van der Waals surface area contributed by atoms with E-state index in [2.05, 4.69) is 20.3 Å². The Morgan fingerprint density at radius 2 is 1.78 bits per heavy atom. The molecule has 1 aromatic carbocycles. The molecule has 2 saturated carbocycles. The number of halogens is 4. The number of hydrogen-bond donors (Lipinski definition) is 3. The lowest BCUT2D eigenvalue weighted by Crippen LogP contribution is -2.58. The van der Waals surface area contributed by atoms with E-state index >= 15 is 4.39 Å². The van der Waals surface area contributed by atoms with E-state index in [-0.39, 0.29) is 29.5 Å². The van der Waals surface area contributed by atoms with Crippen LogP contribution in [0.5, 0.6) is 11.5 Å². The fourth-order valence-corrected chi connectivity index (χ4v) is 10.1. The number of amides is 4. The maximum Gasteiger partial charge on any atom is 0.437 e. The number of fused-ring (bicyclic) bond motifs is 5. The second-order valence-electron chi connectivity index (χ2n) is 18.3. The highest BCUT2D eigenvalue weighted by molar-refractivity contribution is 7.91. The van der Waals surface area contributed by atoms with Crippen LogP contribution in [0.4, 0.5) is 22.4 Å². The van der Waals surface area contributed by atoms with Gasteiger partial charge in [0.15, 0.2) is 11.4 Å². The lowest BCUT2D eigenvalue weighted by atomic mass is 9.78. The van der Waals surface area contributed by atoms with Gasteiger partial charge in [-0.3, -0.25) is 19.1 Å². The molecule has 328 valence electrons. The molecule has 4 amide bonds. The number of alkyl halides is 4. The van der Waals surface area contributed by atoms with Gasteiger partial charge in [-0.25, -0.2) is 22.6 Å². The Bertz CT molecular complexity index is 2260. The lowest BCUT2D eigenvalue weighted by molar-refractivity contribution is -0.145. The standard InChI is InChI=1S/C41H51F4N5O9S/c1-36(2,3)59-35(54)47-27-13-11-9-7-8-10-12-23-19-40(23,34(53)49-60(55,56)37(4)16-17-37)48-32(51)28-20-39(22-50(28)33(27)52)21-38(5,42)29-25-18-24(57-6)14-15-26(25)46-31(30(29)58-39)41(43,44)45/h10,12,14-15,18,23,27-28H,7-9,11,13,16-17,19-22H2,1-6H3,(H,47,54)(H,48,51)(H,49,53)/b12-10-/t23-,27+,28+,38-,39+,40-/m1/s1. The first-order valence-electron chi connectivity index (χ1n) is 20.2. The molecule has 4 heterocycles. The largest absolute Gasteiger partial charge is 0.497 e. The van der Waals surface area contributed by atoms with E-state index in [9.17, 15) is 40.8 Å². The van der Waals surface area contributed by atoms with Crippen LogP contribution in [0.2, 0.25) is 0 Å². The summed E-state index contributed by atoms with van der Waals surface area (Å²) in [7, 11) is -2.80. The molecule has 3 aliphatic heterocycles. The molecule has 3 N–H and O–H groups in total. The van der Waals surface area contributed by atoms with Crippen LogP contribution < -0.4 is 24.8 Å². The Morgan fingerprint density at radius 3 is 2.43 bits per heavy atom. The van der Waals surface area contributed by atoms with Crippen LogP contribution in [0.25, 0.3) is 10.9 Å². The van der Waals surface area contributed by atoms with Crippen molar-refractivity contribution in [2.75, 3.05) is 13.7 Å². The third-order valence-electron chi connectivity index (χ3n) is 12.2. The van der Waals surface area contributed by atoms with Crippen molar-refractivity contribution < 1.29 is 59.4 Å². The van der Waals surface area contributed by atoms with E-state index < -0.39 is 122 Å². The van der Waals surface area contributed by atoms with Gasteiger partial charge in [-0.15, -0.1) is 0 Å². The molecule has 14 nitrogen and oxygen atoms in total. The first kappa shape index (κ1) is 43.4. The molecule has 1 saturated heterocycles. The second kappa shape index (κ2) is 14.8. The minimum atomic E-state index is -5.13. The number of hydrogen-bond acceptors (Lipinski definition) is 10. The quantitative estimate of drug-likeness (QED) is 0.244. The third-order valence-corrected chi connectivity index (χ3v) is 14.4. The SMILES string of the molecule is COc1ccc2nc(C(F)(F)F)c3c(c2c1)[C@](C)(F)C[C@]1(C[C@H]2C(=O)N[C@]4(C(=O)NS(=O)(=O)C5(C)CC5)C[C@H]4/C=C\CCCCC[C@H](NC(=O)OC(C)(C)C)C(=O)N2C1)O3. The summed E-state index contributed by atoms with van der Waals surface area (Å²) in [4.78, 5) is 61.5. The van der Waals surface area contributed by atoms with Crippen molar-refractivity contribution in [3.63, 3.8) is 0 Å². The summed E-state index contributed by atoms with van der Waals surface area (Å²) < 4.78 is 107. The highest BCUT2D eigenvalue weighted by Crippen LogP contribution is 2.56. The smallest absolute Gasteiger partial charge is 0.437 e. The number of benzene rings is 1. The van der Waals surface area contributed by atoms with Crippen LogP contribution in [0.3, 0.4) is 0 Å². The monoisotopic (exact) mass is 865 g/mol. The summed E-state index contributed by atoms with van der Waals surface area (Å²) in [6.07, 6.45) is -0.591. The summed E-state index contributed by atoms with van der Waals surface area (Å²) in [5, 5.41) is 5.33. The second-order valence-corrected chi connectivity index (χ2v) is 20.5. The van der Waals surface area contributed by atoms with E-state index in [0.717, 1.165) is 11.8 Å². The molecule has 2 aromatic rings. The van der Waals surface area contributed by atoms with Gasteiger partial charge in [-0.2, -0.15) is 13.2 Å². The maximum absolute atomic E-state index is 17.5. The Kier molecular flexibility index (Phi) is 10.7. The fraction of sp³-hybridized carbons (Fsp3) is 0.634. The predicted octanol–water partition coefficient (Wildman–Crippen LogP) is 5.86. The number of nitrogens with zero attached hydrogens (tertiary/aromatic N) is 2. The Hall–Kier alpha value is -4.68. The summed E-state index contributed by atoms with van der Waals surface area (Å²) in [6.45, 7) is 6.89. The summed E-state index contributed by atoms with van der Waals surface area (Å²) in [6, 6.07) is 1.15. The molecule has 7 rings (SSSR count). The minimum Gasteiger partial charge on any atom is -0.497 e. The number of allylic oxidation sites excluding steroid dienone is 1. The van der Waals surface area contributed by atoms with Gasteiger partial charge < -0.3 is 29.7 Å². The molecule has 2 aliphatic carbocycles. The van der Waals surface area contributed by atoms with Crippen molar-refractivity contribution in [3.8, 4) is 11.5 Å². The van der Waals surface area contributed by atoms with Crippen LogP contribution in [0.15, 0.2) is 30.4 Å². The van der Waals surface area contributed by atoms with Crippen molar-refractivity contribution in [1.82, 2.24) is 25.2 Å². The zero-order chi connectivity index (χ0) is 43.8. The Morgan fingerprint density at radius 1 is 1.07 bits per heavy atom. The molecule has 60 heavy (non-hydrogen) atoms. The first-order chi connectivity index (χ1) is 27.8. The molecule has 0 bridgehead atoms. The molecular formula is C41H51F4N5O9S. The van der Waals surface area contributed by atoms with Gasteiger partial charge in [-0.05, 0) is 91.3 Å². The third kappa shape index (κ3) is 8.21. The summed E-state index contributed by atoms with van der Waals surface area (Å²) in [5.41, 5.74) is -9.33. The van der Waals surface area contributed by atoms with Gasteiger partial charge in [0, 0.05) is 29.7 Å². The van der Waals surface area contributed by atoms with Gasteiger partial charge >= 0.3 is 12.3 Å². The number of alkyl carbamates (subject to hydrolysis) is 1. The normalized spacial score (nSPS) is 31.0. The highest BCUT2D eigenvalue weighted by atomic mass is 32.2. The number of carbonyl (C=O) groups is 4. The summed E-state index contributed by atoms with van der Waals surface area (Å²) >= 11 is 0. The zero-order valence-electron chi connectivity index (χ0n) is 34.4. The predicted molar refractivity (Wildman–Crippen MR) is 209 cm³/mol. The van der Waals surface area contributed by atoms with Gasteiger partial charge in [0.05, 0.1) is 23.9 Å². The number of carbonyl (C=O) groups excluding carboxylic acids is 4. The lowest BCUT2D eigenvalue weighted by Gasteiger charge is -2.42. The number of pyridine rings is 1.